The summed E-state index contributed by atoms with van der Waals surface area (Å²) in [5.74, 6) is 0. The van der Waals surface area contributed by atoms with Gasteiger partial charge in [-0.15, -0.1) is 0 Å². The van der Waals surface area contributed by atoms with Gasteiger partial charge in [0.2, 0.25) is 0 Å². The number of aryl methyl sites for hydroxylation is 1. The summed E-state index contributed by atoms with van der Waals surface area (Å²) in [4.78, 5) is 0. The van der Waals surface area contributed by atoms with Gasteiger partial charge in [-0.1, -0.05) is 11.6 Å². The van der Waals surface area contributed by atoms with Crippen LogP contribution in [0.5, 0.6) is 0 Å². The second kappa shape index (κ2) is 5.84. The van der Waals surface area contributed by atoms with E-state index < -0.39 is 6.10 Å². The number of halogens is 1. The topological polar surface area (TPSA) is 73.9 Å². The van der Waals surface area contributed by atoms with Crippen LogP contribution in [0.4, 0.5) is 0 Å². The molecule has 3 N–H and O–H groups in total. The van der Waals surface area contributed by atoms with Crippen molar-refractivity contribution in [2.75, 3.05) is 7.05 Å². The molecule has 17 heavy (non-hydrogen) atoms. The molecule has 1 aromatic heterocycles. The summed E-state index contributed by atoms with van der Waals surface area (Å²) in [6, 6.07) is 0. The highest BCUT2D eigenvalue weighted by Gasteiger charge is 2.20. The van der Waals surface area contributed by atoms with E-state index in [1.54, 1.807) is 31.1 Å². The van der Waals surface area contributed by atoms with Crippen molar-refractivity contribution in [2.45, 2.75) is 26.5 Å². The van der Waals surface area contributed by atoms with Crippen molar-refractivity contribution in [1.82, 2.24) is 15.1 Å². The Bertz CT molecular complexity index is 439. The van der Waals surface area contributed by atoms with E-state index in [-0.39, 0.29) is 10.9 Å². The van der Waals surface area contributed by atoms with Gasteiger partial charge in [-0.25, -0.2) is 0 Å². The normalized spacial score (nSPS) is 13.6. The van der Waals surface area contributed by atoms with E-state index in [2.05, 4.69) is 10.4 Å². The summed E-state index contributed by atoms with van der Waals surface area (Å²) in [5, 5.41) is 24.9. The summed E-state index contributed by atoms with van der Waals surface area (Å²) < 4.78 is 1.65. The lowest BCUT2D eigenvalue weighted by atomic mass is 10.0. The van der Waals surface area contributed by atoms with Crippen molar-refractivity contribution in [3.8, 4) is 0 Å². The molecule has 5 nitrogen and oxygen atoms in total. The first kappa shape index (κ1) is 13.7. The van der Waals surface area contributed by atoms with Crippen molar-refractivity contribution in [3.05, 3.63) is 28.7 Å². The molecule has 0 fully saturated rings. The van der Waals surface area contributed by atoms with E-state index in [4.69, 9.17) is 17.0 Å². The Kier molecular flexibility index (Phi) is 4.72. The van der Waals surface area contributed by atoms with Gasteiger partial charge in [-0.2, -0.15) is 5.10 Å². The van der Waals surface area contributed by atoms with E-state index in [1.165, 1.54) is 0 Å². The number of nitrogens with zero attached hydrogens (tertiary/aromatic N) is 2. The monoisotopic (exact) mass is 256 g/mol. The minimum absolute atomic E-state index is 0.266. The molecule has 0 bridgehead atoms. The lowest BCUT2D eigenvalue weighted by molar-refractivity contribution is 0.221. The SMILES string of the molecule is CCn1cc(C(O)/C(=C/NC)C(C)=N)c(Cl)n1. The van der Waals surface area contributed by atoms with Crippen LogP contribution in [0.3, 0.4) is 0 Å². The molecule has 0 aliphatic rings. The van der Waals surface area contributed by atoms with Crippen LogP contribution in [0, 0.1) is 5.41 Å². The Morgan fingerprint density at radius 3 is 2.82 bits per heavy atom. The van der Waals surface area contributed by atoms with Gasteiger partial charge < -0.3 is 15.8 Å². The fourth-order valence-electron chi connectivity index (χ4n) is 1.47. The number of hydrogen-bond acceptors (Lipinski definition) is 4. The molecule has 0 saturated heterocycles. The van der Waals surface area contributed by atoms with Crippen LogP contribution in [-0.4, -0.2) is 27.6 Å². The molecule has 1 unspecified atom stereocenters. The highest BCUT2D eigenvalue weighted by molar-refractivity contribution is 6.30. The van der Waals surface area contributed by atoms with Crippen LogP contribution in [0.1, 0.15) is 25.5 Å². The third-order valence-corrected chi connectivity index (χ3v) is 2.68. The molecule has 1 rings (SSSR count). The second-order valence-electron chi connectivity index (χ2n) is 3.65. The average Bonchev–Trinajstić information content (AvgIpc) is 2.66. The number of aliphatic hydroxyl groups excluding tert-OH is 1. The molecule has 0 aliphatic heterocycles. The van der Waals surface area contributed by atoms with Gasteiger partial charge in [0.1, 0.15) is 6.10 Å². The van der Waals surface area contributed by atoms with Crippen molar-refractivity contribution in [2.24, 2.45) is 0 Å². The van der Waals surface area contributed by atoms with Gasteiger partial charge in [0.05, 0.1) is 0 Å². The van der Waals surface area contributed by atoms with E-state index >= 15 is 0 Å². The summed E-state index contributed by atoms with van der Waals surface area (Å²) >= 11 is 5.96. The van der Waals surface area contributed by atoms with Crippen LogP contribution in [0.2, 0.25) is 5.15 Å². The maximum Gasteiger partial charge on any atom is 0.157 e. The lowest BCUT2D eigenvalue weighted by Crippen LogP contribution is -2.11. The van der Waals surface area contributed by atoms with Gasteiger partial charge in [-0.05, 0) is 13.8 Å². The Hall–Kier alpha value is -1.33. The van der Waals surface area contributed by atoms with Gasteiger partial charge >= 0.3 is 0 Å². The summed E-state index contributed by atoms with van der Waals surface area (Å²) in [6.45, 7) is 4.23. The van der Waals surface area contributed by atoms with E-state index in [1.807, 2.05) is 6.92 Å². The number of rotatable bonds is 5. The van der Waals surface area contributed by atoms with Crippen LogP contribution < -0.4 is 5.32 Å². The highest BCUT2D eigenvalue weighted by atomic mass is 35.5. The third-order valence-electron chi connectivity index (χ3n) is 2.39. The number of aliphatic hydroxyl groups is 1. The smallest absolute Gasteiger partial charge is 0.157 e. The van der Waals surface area contributed by atoms with Crippen molar-refractivity contribution < 1.29 is 5.11 Å². The third kappa shape index (κ3) is 3.08. The van der Waals surface area contributed by atoms with Gasteiger partial charge in [0, 0.05) is 42.8 Å². The number of nitrogens with one attached hydrogen (secondary N) is 2. The van der Waals surface area contributed by atoms with Crippen molar-refractivity contribution in [1.29, 1.82) is 5.41 Å². The zero-order chi connectivity index (χ0) is 13.0. The molecule has 0 spiro atoms. The van der Waals surface area contributed by atoms with Gasteiger partial charge in [0.25, 0.3) is 0 Å². The first-order valence-corrected chi connectivity index (χ1v) is 5.72. The van der Waals surface area contributed by atoms with E-state index in [0.29, 0.717) is 17.7 Å². The van der Waals surface area contributed by atoms with Crippen LogP contribution in [-0.2, 0) is 6.54 Å². The molecule has 1 heterocycles. The first-order chi connectivity index (χ1) is 8.01. The quantitative estimate of drug-likeness (QED) is 0.703. The molecular weight excluding hydrogens is 240 g/mol. The first-order valence-electron chi connectivity index (χ1n) is 5.35. The van der Waals surface area contributed by atoms with Crippen molar-refractivity contribution >= 4 is 17.3 Å². The molecule has 1 atom stereocenters. The number of hydrogen-bond donors (Lipinski definition) is 3. The predicted octanol–water partition coefficient (Wildman–Crippen LogP) is 1.73. The fraction of sp³-hybridized carbons (Fsp3) is 0.455. The van der Waals surface area contributed by atoms with Crippen molar-refractivity contribution in [3.63, 3.8) is 0 Å². The molecule has 0 aliphatic carbocycles. The van der Waals surface area contributed by atoms with E-state index in [9.17, 15) is 5.11 Å². The molecule has 0 amide bonds. The maximum absolute atomic E-state index is 10.2. The number of aromatic nitrogens is 2. The van der Waals surface area contributed by atoms with Crippen LogP contribution >= 0.6 is 11.6 Å². The predicted molar refractivity (Wildman–Crippen MR) is 68.4 cm³/mol. The zero-order valence-electron chi connectivity index (χ0n) is 10.2. The van der Waals surface area contributed by atoms with Crippen LogP contribution in [0.25, 0.3) is 0 Å². The summed E-state index contributed by atoms with van der Waals surface area (Å²) in [6.07, 6.45) is 2.35. The largest absolute Gasteiger partial charge is 0.394 e. The Balaban J connectivity index is 3.09. The van der Waals surface area contributed by atoms with Gasteiger partial charge in [0.15, 0.2) is 5.15 Å². The Labute approximate surface area is 106 Å². The standard InChI is InChI=1S/C11H17ClN4O/c1-4-16-6-9(11(12)15-16)10(17)8(5-14-3)7(2)13/h5-6,10,13-14,17H,4H2,1-3H3/b8-5+,13-7?. The maximum atomic E-state index is 10.2. The highest BCUT2D eigenvalue weighted by Crippen LogP contribution is 2.27. The van der Waals surface area contributed by atoms with Crippen LogP contribution in [0.15, 0.2) is 18.0 Å². The lowest BCUT2D eigenvalue weighted by Gasteiger charge is -2.13. The minimum atomic E-state index is -0.937. The minimum Gasteiger partial charge on any atom is -0.394 e. The molecule has 6 heteroatoms. The van der Waals surface area contributed by atoms with Gasteiger partial charge in [-0.3, -0.25) is 4.68 Å². The summed E-state index contributed by atoms with van der Waals surface area (Å²) in [7, 11) is 1.72. The molecular formula is C11H17ClN4O. The molecule has 0 radical (unpaired) electrons. The fourth-order valence-corrected chi connectivity index (χ4v) is 1.72. The molecule has 94 valence electrons. The molecule has 1 aromatic rings. The average molecular weight is 257 g/mol. The molecule has 0 aromatic carbocycles. The molecule has 0 saturated carbocycles. The Morgan fingerprint density at radius 2 is 2.41 bits per heavy atom. The second-order valence-corrected chi connectivity index (χ2v) is 4.00. The Morgan fingerprint density at radius 1 is 1.76 bits per heavy atom. The zero-order valence-corrected chi connectivity index (χ0v) is 10.9. The summed E-state index contributed by atoms with van der Waals surface area (Å²) in [5.41, 5.74) is 1.28. The van der Waals surface area contributed by atoms with E-state index in [0.717, 1.165) is 0 Å².